The summed E-state index contributed by atoms with van der Waals surface area (Å²) < 4.78 is 28.0. The first-order valence-electron chi connectivity index (χ1n) is 3.86. The van der Waals surface area contributed by atoms with E-state index in [1.54, 1.807) is 12.4 Å². The Labute approximate surface area is 84.1 Å². The topological polar surface area (TPSA) is 67.3 Å². The van der Waals surface area contributed by atoms with Crippen molar-refractivity contribution >= 4 is 10.1 Å². The standard InChI is InChI=1S/C5H5N.C4H8O3S/c1-2-4-6-5-3-1;1-4(2)3-8(5,6)7/h1-5H;1,3H2,2H3,(H,5,6,7). The number of nitrogens with zero attached hydrogens (tertiary/aromatic N) is 1. The lowest BCUT2D eigenvalue weighted by Gasteiger charge is -1.90. The predicted molar refractivity (Wildman–Crippen MR) is 55.5 cm³/mol. The molecule has 0 aromatic carbocycles. The molecule has 1 aromatic rings. The van der Waals surface area contributed by atoms with Gasteiger partial charge in [0.15, 0.2) is 0 Å². The van der Waals surface area contributed by atoms with Crippen LogP contribution in [0.25, 0.3) is 0 Å². The normalized spacial score (nSPS) is 9.86. The minimum absolute atomic E-state index is 0.340. The zero-order chi connectivity index (χ0) is 11.0. The van der Waals surface area contributed by atoms with Crippen molar-refractivity contribution in [2.45, 2.75) is 6.92 Å². The molecule has 5 heteroatoms. The fraction of sp³-hybridized carbons (Fsp3) is 0.222. The van der Waals surface area contributed by atoms with E-state index in [0.29, 0.717) is 5.57 Å². The van der Waals surface area contributed by atoms with Gasteiger partial charge in [-0.2, -0.15) is 8.42 Å². The lowest BCUT2D eigenvalue weighted by Crippen LogP contribution is -2.03. The highest BCUT2D eigenvalue weighted by Crippen LogP contribution is 1.91. The van der Waals surface area contributed by atoms with Crippen molar-refractivity contribution in [2.75, 3.05) is 5.75 Å². The van der Waals surface area contributed by atoms with Crippen molar-refractivity contribution in [3.05, 3.63) is 42.7 Å². The molecule has 1 rings (SSSR count). The van der Waals surface area contributed by atoms with Gasteiger partial charge >= 0.3 is 0 Å². The smallest absolute Gasteiger partial charge is 0.268 e. The fourth-order valence-corrected chi connectivity index (χ4v) is 1.25. The third-order valence-electron chi connectivity index (χ3n) is 0.995. The molecule has 0 saturated heterocycles. The Balaban J connectivity index is 0.000000249. The van der Waals surface area contributed by atoms with E-state index in [-0.39, 0.29) is 5.75 Å². The molecule has 0 aliphatic rings. The van der Waals surface area contributed by atoms with Crippen molar-refractivity contribution in [3.63, 3.8) is 0 Å². The van der Waals surface area contributed by atoms with Crippen molar-refractivity contribution in [1.82, 2.24) is 4.98 Å². The Bertz CT molecular complexity index is 332. The molecule has 0 bridgehead atoms. The number of aromatic nitrogens is 1. The van der Waals surface area contributed by atoms with Gasteiger partial charge in [-0.25, -0.2) is 0 Å². The minimum Gasteiger partial charge on any atom is -0.285 e. The zero-order valence-electron chi connectivity index (χ0n) is 7.92. The monoisotopic (exact) mass is 215 g/mol. The largest absolute Gasteiger partial charge is 0.285 e. The van der Waals surface area contributed by atoms with Gasteiger partial charge in [-0.15, -0.1) is 0 Å². The zero-order valence-corrected chi connectivity index (χ0v) is 8.74. The Morgan fingerprint density at radius 1 is 1.36 bits per heavy atom. The first-order chi connectivity index (χ1) is 6.42. The van der Waals surface area contributed by atoms with Crippen molar-refractivity contribution < 1.29 is 13.0 Å². The molecule has 1 N–H and O–H groups in total. The van der Waals surface area contributed by atoms with E-state index in [1.807, 2.05) is 18.2 Å². The molecular weight excluding hydrogens is 202 g/mol. The maximum atomic E-state index is 9.94. The van der Waals surface area contributed by atoms with Gasteiger partial charge in [0.2, 0.25) is 0 Å². The molecule has 0 amide bonds. The number of hydrogen-bond donors (Lipinski definition) is 1. The lowest BCUT2D eigenvalue weighted by atomic mass is 10.4. The molecule has 1 heterocycles. The molecule has 0 aliphatic heterocycles. The Hall–Kier alpha value is -1.20. The van der Waals surface area contributed by atoms with Crippen LogP contribution in [-0.4, -0.2) is 23.7 Å². The molecule has 0 saturated carbocycles. The highest BCUT2D eigenvalue weighted by Gasteiger charge is 2.01. The fourth-order valence-electron chi connectivity index (χ4n) is 0.624. The van der Waals surface area contributed by atoms with E-state index in [9.17, 15) is 8.42 Å². The van der Waals surface area contributed by atoms with Crippen LogP contribution in [0, 0.1) is 0 Å². The molecule has 0 radical (unpaired) electrons. The second kappa shape index (κ2) is 6.28. The highest BCUT2D eigenvalue weighted by atomic mass is 32.2. The molecule has 0 unspecified atom stereocenters. The Kier molecular flexibility index (Phi) is 5.74. The minimum atomic E-state index is -3.82. The predicted octanol–water partition coefficient (Wildman–Crippen LogP) is 1.53. The molecule has 78 valence electrons. The summed E-state index contributed by atoms with van der Waals surface area (Å²) in [7, 11) is -3.82. The van der Waals surface area contributed by atoms with E-state index in [1.165, 1.54) is 6.92 Å². The molecular formula is C9H13NO3S. The van der Waals surface area contributed by atoms with E-state index < -0.39 is 10.1 Å². The van der Waals surface area contributed by atoms with Gasteiger partial charge in [-0.05, 0) is 19.1 Å². The van der Waals surface area contributed by atoms with E-state index in [2.05, 4.69) is 11.6 Å². The van der Waals surface area contributed by atoms with E-state index in [0.717, 1.165) is 0 Å². The summed E-state index contributed by atoms with van der Waals surface area (Å²) in [6.07, 6.45) is 3.50. The van der Waals surface area contributed by atoms with Crippen LogP contribution in [0.5, 0.6) is 0 Å². The van der Waals surface area contributed by atoms with Gasteiger partial charge in [-0.3, -0.25) is 9.54 Å². The second-order valence-electron chi connectivity index (χ2n) is 2.71. The third-order valence-corrected chi connectivity index (χ3v) is 1.85. The van der Waals surface area contributed by atoms with Gasteiger partial charge < -0.3 is 0 Å². The molecule has 1 aromatic heterocycles. The summed E-state index contributed by atoms with van der Waals surface area (Å²) in [6, 6.07) is 5.72. The van der Waals surface area contributed by atoms with Crippen LogP contribution in [0.2, 0.25) is 0 Å². The van der Waals surface area contributed by atoms with E-state index >= 15 is 0 Å². The van der Waals surface area contributed by atoms with Crippen LogP contribution >= 0.6 is 0 Å². The SMILES string of the molecule is C=C(C)CS(=O)(=O)O.c1ccncc1. The van der Waals surface area contributed by atoms with E-state index in [4.69, 9.17) is 4.55 Å². The number of pyridine rings is 1. The number of rotatable bonds is 2. The Morgan fingerprint density at radius 2 is 1.86 bits per heavy atom. The maximum absolute atomic E-state index is 9.94. The van der Waals surface area contributed by atoms with Gasteiger partial charge in [0.1, 0.15) is 0 Å². The van der Waals surface area contributed by atoms with Crippen LogP contribution in [0.4, 0.5) is 0 Å². The van der Waals surface area contributed by atoms with Crippen LogP contribution < -0.4 is 0 Å². The molecule has 4 nitrogen and oxygen atoms in total. The average molecular weight is 215 g/mol. The first kappa shape index (κ1) is 12.8. The molecule has 0 atom stereocenters. The van der Waals surface area contributed by atoms with Crippen LogP contribution in [-0.2, 0) is 10.1 Å². The van der Waals surface area contributed by atoms with Crippen LogP contribution in [0.15, 0.2) is 42.7 Å². The second-order valence-corrected chi connectivity index (χ2v) is 4.16. The van der Waals surface area contributed by atoms with Crippen LogP contribution in [0.3, 0.4) is 0 Å². The molecule has 0 fully saturated rings. The molecule has 14 heavy (non-hydrogen) atoms. The molecule has 0 aliphatic carbocycles. The summed E-state index contributed by atoms with van der Waals surface area (Å²) in [6.45, 7) is 4.84. The number of hydrogen-bond acceptors (Lipinski definition) is 3. The summed E-state index contributed by atoms with van der Waals surface area (Å²) in [5.74, 6) is -0.340. The quantitative estimate of drug-likeness (QED) is 0.600. The van der Waals surface area contributed by atoms with Crippen molar-refractivity contribution in [2.24, 2.45) is 0 Å². The van der Waals surface area contributed by atoms with Gasteiger partial charge in [0.05, 0.1) is 5.75 Å². The summed E-state index contributed by atoms with van der Waals surface area (Å²) in [5.41, 5.74) is 0.438. The summed E-state index contributed by atoms with van der Waals surface area (Å²) in [4.78, 5) is 3.78. The maximum Gasteiger partial charge on any atom is 0.268 e. The van der Waals surface area contributed by atoms with Crippen molar-refractivity contribution in [3.8, 4) is 0 Å². The third kappa shape index (κ3) is 10.8. The summed E-state index contributed by atoms with van der Waals surface area (Å²) in [5, 5.41) is 0. The van der Waals surface area contributed by atoms with Crippen LogP contribution in [0.1, 0.15) is 6.92 Å². The highest BCUT2D eigenvalue weighted by molar-refractivity contribution is 7.85. The van der Waals surface area contributed by atoms with Crippen molar-refractivity contribution in [1.29, 1.82) is 0 Å². The van der Waals surface area contributed by atoms with Gasteiger partial charge in [-0.1, -0.05) is 18.2 Å². The lowest BCUT2D eigenvalue weighted by molar-refractivity contribution is 0.486. The first-order valence-corrected chi connectivity index (χ1v) is 5.47. The Morgan fingerprint density at radius 3 is 1.93 bits per heavy atom. The summed E-state index contributed by atoms with van der Waals surface area (Å²) >= 11 is 0. The average Bonchev–Trinajstić information content (AvgIpc) is 2.03. The van der Waals surface area contributed by atoms with Gasteiger partial charge in [0.25, 0.3) is 10.1 Å². The molecule has 0 spiro atoms. The van der Waals surface area contributed by atoms with Gasteiger partial charge in [0, 0.05) is 12.4 Å².